The van der Waals surface area contributed by atoms with Crippen molar-refractivity contribution in [3.8, 4) is 11.8 Å². The van der Waals surface area contributed by atoms with E-state index in [9.17, 15) is 27.9 Å². The van der Waals surface area contributed by atoms with E-state index >= 15 is 0 Å². The Morgan fingerprint density at radius 3 is 1.88 bits per heavy atom. The minimum atomic E-state index is -4.44. The number of aliphatic carboxylic acids is 1. The molecule has 1 amide bonds. The number of amides is 1. The fourth-order valence-electron chi connectivity index (χ4n) is 4.36. The zero-order valence-corrected chi connectivity index (χ0v) is 22.8. The molecule has 4 nitrogen and oxygen atoms in total. The van der Waals surface area contributed by atoms with Crippen LogP contribution in [0.25, 0.3) is 0 Å². The number of benzene rings is 3. The Bertz CT molecular complexity index is 1320. The molecule has 210 valence electrons. The van der Waals surface area contributed by atoms with Crippen LogP contribution in [0.2, 0.25) is 0 Å². The molecule has 1 atom stereocenters. The second-order valence-corrected chi connectivity index (χ2v) is 9.97. The van der Waals surface area contributed by atoms with Gasteiger partial charge in [-0.3, -0.25) is 4.79 Å². The Kier molecular flexibility index (Phi) is 11.0. The van der Waals surface area contributed by atoms with E-state index in [0.29, 0.717) is 11.1 Å². The van der Waals surface area contributed by atoms with Crippen molar-refractivity contribution in [2.45, 2.75) is 64.6 Å². The van der Waals surface area contributed by atoms with Gasteiger partial charge in [0.05, 0.1) is 5.56 Å². The summed E-state index contributed by atoms with van der Waals surface area (Å²) in [5, 5.41) is 9.31. The molecule has 0 spiro atoms. The fourth-order valence-corrected chi connectivity index (χ4v) is 4.36. The molecule has 0 bridgehead atoms. The highest BCUT2D eigenvalue weighted by Gasteiger charge is 2.30. The molecule has 1 unspecified atom stereocenters. The molecule has 3 aromatic carbocycles. The number of carbonyl (C=O) groups excluding carboxylic acids is 1. The number of carboxylic acids is 1. The SMILES string of the molecule is CCCCCCc1ccc(C#Cc2ccc(CN(CC(C)c3ccc(C(F)(F)F)cc3)C(=O)C(=O)O)cc2)cc1. The van der Waals surface area contributed by atoms with Crippen LogP contribution in [0.15, 0.2) is 72.8 Å². The highest BCUT2D eigenvalue weighted by Crippen LogP contribution is 2.30. The van der Waals surface area contributed by atoms with Crippen LogP contribution in [-0.2, 0) is 28.7 Å². The van der Waals surface area contributed by atoms with Crippen molar-refractivity contribution in [1.29, 1.82) is 0 Å². The van der Waals surface area contributed by atoms with Crippen LogP contribution < -0.4 is 0 Å². The van der Waals surface area contributed by atoms with Crippen molar-refractivity contribution in [2.75, 3.05) is 6.54 Å². The van der Waals surface area contributed by atoms with Crippen LogP contribution >= 0.6 is 0 Å². The van der Waals surface area contributed by atoms with Gasteiger partial charge in [0.2, 0.25) is 0 Å². The van der Waals surface area contributed by atoms with Crippen LogP contribution in [0, 0.1) is 11.8 Å². The predicted molar refractivity (Wildman–Crippen MR) is 150 cm³/mol. The Labute approximate surface area is 233 Å². The van der Waals surface area contributed by atoms with Gasteiger partial charge in [-0.25, -0.2) is 4.79 Å². The quantitative estimate of drug-likeness (QED) is 0.162. The summed E-state index contributed by atoms with van der Waals surface area (Å²) in [6, 6.07) is 20.1. The molecule has 3 rings (SSSR count). The molecule has 0 saturated carbocycles. The molecular formula is C33H34F3NO3. The summed E-state index contributed by atoms with van der Waals surface area (Å²) >= 11 is 0. The van der Waals surface area contributed by atoms with Crippen LogP contribution in [0.5, 0.6) is 0 Å². The van der Waals surface area contributed by atoms with Gasteiger partial charge in [0, 0.05) is 24.2 Å². The molecule has 0 fully saturated rings. The van der Waals surface area contributed by atoms with E-state index in [0.717, 1.165) is 29.7 Å². The second-order valence-electron chi connectivity index (χ2n) is 9.97. The molecule has 1 N–H and O–H groups in total. The Morgan fingerprint density at radius 1 is 0.825 bits per heavy atom. The maximum absolute atomic E-state index is 12.9. The van der Waals surface area contributed by atoms with Crippen LogP contribution in [0.4, 0.5) is 13.2 Å². The number of aryl methyl sites for hydroxylation is 1. The number of hydrogen-bond acceptors (Lipinski definition) is 2. The highest BCUT2D eigenvalue weighted by molar-refractivity contribution is 6.31. The first kappa shape index (κ1) is 30.5. The number of alkyl halides is 3. The van der Waals surface area contributed by atoms with Gasteiger partial charge in [-0.2, -0.15) is 13.2 Å². The maximum atomic E-state index is 12.9. The van der Waals surface area contributed by atoms with E-state index in [2.05, 4.69) is 30.9 Å². The first-order valence-electron chi connectivity index (χ1n) is 13.5. The highest BCUT2D eigenvalue weighted by atomic mass is 19.4. The Hall–Kier alpha value is -4.05. The van der Waals surface area contributed by atoms with E-state index in [1.54, 1.807) is 19.1 Å². The molecule has 0 aliphatic rings. The number of rotatable bonds is 10. The third kappa shape index (κ3) is 9.30. The summed E-state index contributed by atoms with van der Waals surface area (Å²) in [7, 11) is 0. The fraction of sp³-hybridized carbons (Fsp3) is 0.333. The lowest BCUT2D eigenvalue weighted by molar-refractivity contribution is -0.156. The van der Waals surface area contributed by atoms with E-state index < -0.39 is 23.6 Å². The second kappa shape index (κ2) is 14.4. The molecule has 7 heteroatoms. The smallest absolute Gasteiger partial charge is 0.416 e. The maximum Gasteiger partial charge on any atom is 0.416 e. The number of nitrogens with zero attached hydrogens (tertiary/aromatic N) is 1. The molecule has 3 aromatic rings. The molecule has 0 aliphatic carbocycles. The third-order valence-corrected chi connectivity index (χ3v) is 6.72. The Morgan fingerprint density at radius 2 is 1.38 bits per heavy atom. The number of unbranched alkanes of at least 4 members (excludes halogenated alkanes) is 3. The minimum absolute atomic E-state index is 0.0344. The van der Waals surface area contributed by atoms with Crippen LogP contribution in [-0.4, -0.2) is 28.4 Å². The largest absolute Gasteiger partial charge is 0.474 e. The number of halogens is 3. The molecule has 0 aliphatic heterocycles. The summed E-state index contributed by atoms with van der Waals surface area (Å²) < 4.78 is 38.6. The molecule has 0 aromatic heterocycles. The van der Waals surface area contributed by atoms with E-state index in [4.69, 9.17) is 0 Å². The van der Waals surface area contributed by atoms with Gasteiger partial charge in [-0.05, 0) is 71.8 Å². The minimum Gasteiger partial charge on any atom is -0.474 e. The molecule has 0 heterocycles. The van der Waals surface area contributed by atoms with E-state index in [1.165, 1.54) is 48.3 Å². The lowest BCUT2D eigenvalue weighted by atomic mass is 9.98. The average Bonchev–Trinajstić information content (AvgIpc) is 2.94. The van der Waals surface area contributed by atoms with Crippen molar-refractivity contribution in [2.24, 2.45) is 0 Å². The molecular weight excluding hydrogens is 515 g/mol. The van der Waals surface area contributed by atoms with Crippen molar-refractivity contribution >= 4 is 11.9 Å². The van der Waals surface area contributed by atoms with E-state index in [1.807, 2.05) is 24.3 Å². The average molecular weight is 550 g/mol. The van der Waals surface area contributed by atoms with Crippen LogP contribution in [0.1, 0.15) is 78.8 Å². The van der Waals surface area contributed by atoms with Gasteiger partial charge in [0.25, 0.3) is 0 Å². The van der Waals surface area contributed by atoms with Gasteiger partial charge < -0.3 is 10.0 Å². The monoisotopic (exact) mass is 549 g/mol. The Balaban J connectivity index is 1.64. The molecule has 40 heavy (non-hydrogen) atoms. The zero-order chi connectivity index (χ0) is 29.1. The number of carbonyl (C=O) groups is 2. The van der Waals surface area contributed by atoms with Gasteiger partial charge in [0.15, 0.2) is 0 Å². The van der Waals surface area contributed by atoms with Crippen molar-refractivity contribution in [3.05, 3.63) is 106 Å². The van der Waals surface area contributed by atoms with Gasteiger partial charge >= 0.3 is 18.1 Å². The number of hydrogen-bond donors (Lipinski definition) is 1. The zero-order valence-electron chi connectivity index (χ0n) is 22.8. The predicted octanol–water partition coefficient (Wildman–Crippen LogP) is 7.44. The van der Waals surface area contributed by atoms with Gasteiger partial charge in [-0.1, -0.05) is 81.3 Å². The third-order valence-electron chi connectivity index (χ3n) is 6.72. The van der Waals surface area contributed by atoms with Crippen molar-refractivity contribution in [3.63, 3.8) is 0 Å². The topological polar surface area (TPSA) is 57.6 Å². The van der Waals surface area contributed by atoms with Crippen molar-refractivity contribution in [1.82, 2.24) is 4.90 Å². The molecule has 0 saturated heterocycles. The summed E-state index contributed by atoms with van der Waals surface area (Å²) in [6.07, 6.45) is 1.54. The normalized spacial score (nSPS) is 11.8. The first-order valence-corrected chi connectivity index (χ1v) is 13.5. The lowest BCUT2D eigenvalue weighted by Crippen LogP contribution is -2.38. The van der Waals surface area contributed by atoms with E-state index in [-0.39, 0.29) is 19.0 Å². The summed E-state index contributed by atoms with van der Waals surface area (Å²) in [4.78, 5) is 25.0. The molecule has 0 radical (unpaired) electrons. The van der Waals surface area contributed by atoms with Crippen molar-refractivity contribution < 1.29 is 27.9 Å². The first-order chi connectivity index (χ1) is 19.1. The van der Waals surface area contributed by atoms with Gasteiger partial charge in [-0.15, -0.1) is 0 Å². The summed E-state index contributed by atoms with van der Waals surface area (Å²) in [6.45, 7) is 4.02. The lowest BCUT2D eigenvalue weighted by Gasteiger charge is -2.25. The summed E-state index contributed by atoms with van der Waals surface area (Å²) in [5.41, 5.74) is 3.52. The summed E-state index contributed by atoms with van der Waals surface area (Å²) in [5.74, 6) is 3.24. The number of carboxylic acid groups (broad SMARTS) is 1. The van der Waals surface area contributed by atoms with Gasteiger partial charge in [0.1, 0.15) is 0 Å². The standard InChI is InChI=1S/C33H34F3NO3/c1-3-4-5-6-7-25-8-10-26(11-9-25)12-13-27-14-16-28(17-15-27)23-37(31(38)32(39)40)22-24(2)29-18-20-30(21-19-29)33(34,35)36/h8-11,14-21,24H,3-7,22-23H2,1-2H3,(H,39,40). The van der Waals surface area contributed by atoms with Crippen LogP contribution in [0.3, 0.4) is 0 Å².